The SMILES string of the molecule is CC(C)C1=C2CC[C@H]3C(C)(C)CCC[C@]3(C)[C@H]2CCC1=O. The highest BCUT2D eigenvalue weighted by Gasteiger charge is 2.54. The standard InChI is InChI=1S/C20H32O/c1-13(2)18-14-7-10-17-19(3,4)11-6-12-20(17,5)15(14)8-9-16(18)21/h13,15,17H,6-12H2,1-5H3/t15-,17-,20+/m0/s1. The molecule has 0 aromatic rings. The zero-order valence-corrected chi connectivity index (χ0v) is 14.6. The lowest BCUT2D eigenvalue weighted by Crippen LogP contribution is -2.51. The topological polar surface area (TPSA) is 17.1 Å². The average molecular weight is 288 g/mol. The summed E-state index contributed by atoms with van der Waals surface area (Å²) in [5, 5.41) is 0. The van der Waals surface area contributed by atoms with Gasteiger partial charge in [-0.25, -0.2) is 0 Å². The van der Waals surface area contributed by atoms with Crippen molar-refractivity contribution in [2.24, 2.45) is 28.6 Å². The van der Waals surface area contributed by atoms with E-state index in [9.17, 15) is 4.79 Å². The monoisotopic (exact) mass is 288 g/mol. The van der Waals surface area contributed by atoms with E-state index in [2.05, 4.69) is 34.6 Å². The highest BCUT2D eigenvalue weighted by atomic mass is 16.1. The average Bonchev–Trinajstić information content (AvgIpc) is 2.36. The van der Waals surface area contributed by atoms with E-state index in [1.54, 1.807) is 5.57 Å². The van der Waals surface area contributed by atoms with Gasteiger partial charge in [0.25, 0.3) is 0 Å². The fraction of sp³-hybridized carbons (Fsp3) is 0.850. The third-order valence-corrected chi connectivity index (χ3v) is 7.08. The lowest BCUT2D eigenvalue weighted by molar-refractivity contribution is -0.118. The number of fused-ring (bicyclic) bond motifs is 3. The predicted octanol–water partition coefficient (Wildman–Crippen LogP) is 5.54. The maximum Gasteiger partial charge on any atom is 0.159 e. The first-order valence-corrected chi connectivity index (χ1v) is 9.03. The Labute approximate surface area is 130 Å². The third kappa shape index (κ3) is 2.23. The van der Waals surface area contributed by atoms with Crippen molar-refractivity contribution in [1.29, 1.82) is 0 Å². The molecule has 21 heavy (non-hydrogen) atoms. The Kier molecular flexibility index (Phi) is 3.62. The highest BCUT2D eigenvalue weighted by Crippen LogP contribution is 2.63. The fourth-order valence-electron chi connectivity index (χ4n) is 6.28. The van der Waals surface area contributed by atoms with Gasteiger partial charge in [-0.3, -0.25) is 4.79 Å². The molecule has 1 nitrogen and oxygen atoms in total. The molecule has 3 aliphatic rings. The van der Waals surface area contributed by atoms with Gasteiger partial charge in [0.15, 0.2) is 5.78 Å². The Morgan fingerprint density at radius 1 is 1.05 bits per heavy atom. The first kappa shape index (κ1) is 15.3. The van der Waals surface area contributed by atoms with Gasteiger partial charge in [0.05, 0.1) is 0 Å². The maximum absolute atomic E-state index is 12.4. The normalized spacial score (nSPS) is 39.2. The summed E-state index contributed by atoms with van der Waals surface area (Å²) in [5.41, 5.74) is 3.71. The summed E-state index contributed by atoms with van der Waals surface area (Å²) in [6.45, 7) is 11.9. The molecule has 0 radical (unpaired) electrons. The van der Waals surface area contributed by atoms with Crippen molar-refractivity contribution in [1.82, 2.24) is 0 Å². The molecule has 0 unspecified atom stereocenters. The number of rotatable bonds is 1. The van der Waals surface area contributed by atoms with Crippen LogP contribution in [0.15, 0.2) is 11.1 Å². The van der Waals surface area contributed by atoms with Gasteiger partial charge < -0.3 is 0 Å². The number of carbonyl (C=O) groups excluding carboxylic acids is 1. The smallest absolute Gasteiger partial charge is 0.159 e. The van der Waals surface area contributed by atoms with Crippen LogP contribution in [0, 0.1) is 28.6 Å². The minimum atomic E-state index is 0.409. The Morgan fingerprint density at radius 3 is 2.43 bits per heavy atom. The number of carbonyl (C=O) groups is 1. The van der Waals surface area contributed by atoms with E-state index >= 15 is 0 Å². The lowest BCUT2D eigenvalue weighted by atomic mass is 9.45. The van der Waals surface area contributed by atoms with Crippen LogP contribution in [0.1, 0.15) is 79.6 Å². The van der Waals surface area contributed by atoms with Crippen molar-refractivity contribution in [3.05, 3.63) is 11.1 Å². The Hall–Kier alpha value is -0.590. The first-order chi connectivity index (χ1) is 9.77. The van der Waals surface area contributed by atoms with Crippen LogP contribution < -0.4 is 0 Å². The molecule has 2 saturated carbocycles. The van der Waals surface area contributed by atoms with Crippen LogP contribution in [0.5, 0.6) is 0 Å². The maximum atomic E-state index is 12.4. The van der Waals surface area contributed by atoms with Gasteiger partial charge in [-0.1, -0.05) is 46.6 Å². The van der Waals surface area contributed by atoms with Crippen LogP contribution in [0.25, 0.3) is 0 Å². The van der Waals surface area contributed by atoms with Gasteiger partial charge >= 0.3 is 0 Å². The van der Waals surface area contributed by atoms with Crippen LogP contribution in [0.3, 0.4) is 0 Å². The first-order valence-electron chi connectivity index (χ1n) is 9.03. The van der Waals surface area contributed by atoms with Crippen molar-refractivity contribution >= 4 is 5.78 Å². The van der Waals surface area contributed by atoms with E-state index in [0.717, 1.165) is 18.8 Å². The van der Waals surface area contributed by atoms with E-state index in [4.69, 9.17) is 0 Å². The Morgan fingerprint density at radius 2 is 1.76 bits per heavy atom. The second kappa shape index (κ2) is 4.96. The minimum Gasteiger partial charge on any atom is -0.295 e. The van der Waals surface area contributed by atoms with E-state index in [1.807, 2.05) is 0 Å². The summed E-state index contributed by atoms with van der Waals surface area (Å²) in [5.74, 6) is 2.39. The summed E-state index contributed by atoms with van der Waals surface area (Å²) in [6.07, 6.45) is 8.53. The van der Waals surface area contributed by atoms with E-state index in [-0.39, 0.29) is 0 Å². The molecule has 0 bridgehead atoms. The van der Waals surface area contributed by atoms with Crippen molar-refractivity contribution < 1.29 is 4.79 Å². The van der Waals surface area contributed by atoms with E-state index in [1.165, 1.54) is 37.7 Å². The number of allylic oxidation sites excluding steroid dienone is 2. The fourth-order valence-corrected chi connectivity index (χ4v) is 6.28. The highest BCUT2D eigenvalue weighted by molar-refractivity contribution is 5.97. The largest absolute Gasteiger partial charge is 0.295 e. The van der Waals surface area contributed by atoms with Crippen LogP contribution in [0.2, 0.25) is 0 Å². The lowest BCUT2D eigenvalue weighted by Gasteiger charge is -2.59. The summed E-state index contributed by atoms with van der Waals surface area (Å²) in [6, 6.07) is 0. The molecule has 0 saturated heterocycles. The summed E-state index contributed by atoms with van der Waals surface area (Å²) in [7, 11) is 0. The van der Waals surface area contributed by atoms with Crippen LogP contribution in [-0.2, 0) is 4.79 Å². The Bertz CT molecular complexity index is 482. The molecule has 1 heteroatoms. The quantitative estimate of drug-likeness (QED) is 0.618. The third-order valence-electron chi connectivity index (χ3n) is 7.08. The molecule has 0 aromatic heterocycles. The zero-order chi connectivity index (χ0) is 15.4. The van der Waals surface area contributed by atoms with Gasteiger partial charge in [0, 0.05) is 6.42 Å². The molecule has 3 aliphatic carbocycles. The second-order valence-electron chi connectivity index (χ2n) is 9.05. The van der Waals surface area contributed by atoms with Gasteiger partial charge in [0.1, 0.15) is 0 Å². The molecular weight excluding hydrogens is 256 g/mol. The number of hydrogen-bond donors (Lipinski definition) is 0. The molecule has 0 aliphatic heterocycles. The van der Waals surface area contributed by atoms with Gasteiger partial charge in [-0.05, 0) is 66.3 Å². The molecular formula is C20H32O. The second-order valence-corrected chi connectivity index (χ2v) is 9.05. The molecule has 2 fully saturated rings. The number of Topliss-reactive ketones (excluding diaryl/α,β-unsaturated/α-hetero) is 1. The van der Waals surface area contributed by atoms with Crippen LogP contribution in [-0.4, -0.2) is 5.78 Å². The van der Waals surface area contributed by atoms with Crippen LogP contribution >= 0.6 is 0 Å². The molecule has 0 heterocycles. The van der Waals surface area contributed by atoms with Crippen molar-refractivity contribution in [3.63, 3.8) is 0 Å². The summed E-state index contributed by atoms with van der Waals surface area (Å²) in [4.78, 5) is 12.4. The Balaban J connectivity index is 2.05. The van der Waals surface area contributed by atoms with Gasteiger partial charge in [0.2, 0.25) is 0 Å². The molecule has 3 rings (SSSR count). The number of ketones is 1. The molecule has 118 valence electrons. The zero-order valence-electron chi connectivity index (χ0n) is 14.6. The summed E-state index contributed by atoms with van der Waals surface area (Å²) < 4.78 is 0. The van der Waals surface area contributed by atoms with Crippen molar-refractivity contribution in [2.75, 3.05) is 0 Å². The summed E-state index contributed by atoms with van der Waals surface area (Å²) >= 11 is 0. The molecule has 0 N–H and O–H groups in total. The van der Waals surface area contributed by atoms with Gasteiger partial charge in [-0.15, -0.1) is 0 Å². The minimum absolute atomic E-state index is 0.409. The van der Waals surface area contributed by atoms with Gasteiger partial charge in [-0.2, -0.15) is 0 Å². The number of hydrogen-bond acceptors (Lipinski definition) is 1. The van der Waals surface area contributed by atoms with E-state index in [0.29, 0.717) is 28.4 Å². The molecule has 3 atom stereocenters. The van der Waals surface area contributed by atoms with Crippen molar-refractivity contribution in [2.45, 2.75) is 79.6 Å². The molecule has 0 aromatic carbocycles. The molecule has 0 amide bonds. The van der Waals surface area contributed by atoms with E-state index < -0.39 is 0 Å². The van der Waals surface area contributed by atoms with Crippen molar-refractivity contribution in [3.8, 4) is 0 Å². The predicted molar refractivity (Wildman–Crippen MR) is 88.1 cm³/mol. The van der Waals surface area contributed by atoms with Crippen LogP contribution in [0.4, 0.5) is 0 Å². The molecule has 0 spiro atoms.